The standard InChI is InChI=1S/C60H121N2O6P/c1-6-8-10-12-14-16-18-20-22-24-26-28-29-30-31-32-33-34-36-38-40-42-44-46-48-50-52-54-60(64)61-58(57-68-69(65,66)67-56-55-62(3,4)5)59(63)53-51-49-47-45-43-41-39-37-35-27-25-23-21-19-17-15-13-11-9-7-2/h30-31,58-59,63H,6-29,32-57H2,1-5H3,(H-,61,64,65,66)/b31-30-. The number of carbonyl (C=O) groups is 1. The minimum Gasteiger partial charge on any atom is -0.756 e. The maximum absolute atomic E-state index is 13.0. The molecule has 0 aromatic rings. The second-order valence-corrected chi connectivity index (χ2v) is 23.8. The molecule has 0 aromatic heterocycles. The molecule has 0 aromatic carbocycles. The SMILES string of the molecule is CCCCCCCCCCCCCC/C=C\CCCCCCCCCCCCCC(=O)NC(COP(=O)([O-])OCC[N+](C)(C)C)C(O)CCCCCCCCCCCCCCCCCCCCCC. The van der Waals surface area contributed by atoms with E-state index in [1.807, 2.05) is 21.1 Å². The molecule has 0 heterocycles. The zero-order valence-corrected chi connectivity index (χ0v) is 47.9. The van der Waals surface area contributed by atoms with Gasteiger partial charge in [0.2, 0.25) is 5.91 Å². The van der Waals surface area contributed by atoms with Crippen LogP contribution in [0.1, 0.15) is 316 Å². The molecule has 0 saturated heterocycles. The summed E-state index contributed by atoms with van der Waals surface area (Å²) in [4.78, 5) is 25.6. The molecule has 0 bridgehead atoms. The molecule has 3 unspecified atom stereocenters. The van der Waals surface area contributed by atoms with Crippen molar-refractivity contribution in [2.24, 2.45) is 0 Å². The van der Waals surface area contributed by atoms with Gasteiger partial charge in [0.1, 0.15) is 13.2 Å². The normalized spacial score (nSPS) is 13.9. The summed E-state index contributed by atoms with van der Waals surface area (Å²) in [7, 11) is 1.32. The quantitative estimate of drug-likeness (QED) is 0.0272. The summed E-state index contributed by atoms with van der Waals surface area (Å²) in [5, 5.41) is 14.0. The molecule has 69 heavy (non-hydrogen) atoms. The van der Waals surface area contributed by atoms with Gasteiger partial charge in [-0.2, -0.15) is 0 Å². The number of hydrogen-bond donors (Lipinski definition) is 2. The molecular formula is C60H121N2O6P. The van der Waals surface area contributed by atoms with E-state index in [0.29, 0.717) is 23.9 Å². The highest BCUT2D eigenvalue weighted by Crippen LogP contribution is 2.38. The van der Waals surface area contributed by atoms with Crippen LogP contribution in [-0.2, 0) is 18.4 Å². The zero-order valence-electron chi connectivity index (χ0n) is 47.0. The third kappa shape index (κ3) is 54.8. The number of phosphoric acid groups is 1. The van der Waals surface area contributed by atoms with Crippen LogP contribution in [0.4, 0.5) is 0 Å². The molecule has 0 aliphatic heterocycles. The van der Waals surface area contributed by atoms with Gasteiger partial charge in [0.25, 0.3) is 7.82 Å². The van der Waals surface area contributed by atoms with Gasteiger partial charge in [-0.25, -0.2) is 0 Å². The number of rotatable bonds is 57. The summed E-state index contributed by atoms with van der Waals surface area (Å²) < 4.78 is 23.5. The number of amides is 1. The van der Waals surface area contributed by atoms with Gasteiger partial charge in [-0.3, -0.25) is 9.36 Å². The lowest BCUT2D eigenvalue weighted by Crippen LogP contribution is -2.46. The number of carbonyl (C=O) groups excluding carboxylic acids is 1. The molecule has 0 aliphatic rings. The molecule has 3 atom stereocenters. The highest BCUT2D eigenvalue weighted by atomic mass is 31.2. The molecule has 0 rings (SSSR count). The summed E-state index contributed by atoms with van der Waals surface area (Å²) >= 11 is 0. The number of hydrogen-bond acceptors (Lipinski definition) is 6. The second kappa shape index (κ2) is 52.1. The van der Waals surface area contributed by atoms with Gasteiger partial charge in [0.05, 0.1) is 39.9 Å². The topological polar surface area (TPSA) is 108 Å². The molecule has 9 heteroatoms. The first-order valence-electron chi connectivity index (χ1n) is 30.5. The molecule has 0 aliphatic carbocycles. The highest BCUT2D eigenvalue weighted by Gasteiger charge is 2.24. The van der Waals surface area contributed by atoms with Crippen LogP contribution in [0.5, 0.6) is 0 Å². The van der Waals surface area contributed by atoms with E-state index in [0.717, 1.165) is 38.5 Å². The molecule has 0 fully saturated rings. The maximum Gasteiger partial charge on any atom is 0.268 e. The summed E-state index contributed by atoms with van der Waals surface area (Å²) in [5.74, 6) is -0.159. The van der Waals surface area contributed by atoms with Gasteiger partial charge in [-0.15, -0.1) is 0 Å². The lowest BCUT2D eigenvalue weighted by molar-refractivity contribution is -0.870. The van der Waals surface area contributed by atoms with Gasteiger partial charge in [0.15, 0.2) is 0 Å². The number of phosphoric ester groups is 1. The fraction of sp³-hybridized carbons (Fsp3) is 0.950. The van der Waals surface area contributed by atoms with Crippen molar-refractivity contribution in [1.29, 1.82) is 0 Å². The zero-order chi connectivity index (χ0) is 50.6. The Labute approximate surface area is 431 Å². The molecule has 8 nitrogen and oxygen atoms in total. The van der Waals surface area contributed by atoms with Crippen LogP contribution in [0.2, 0.25) is 0 Å². The number of nitrogens with zero attached hydrogens (tertiary/aromatic N) is 1. The van der Waals surface area contributed by atoms with Crippen LogP contribution >= 0.6 is 7.82 Å². The van der Waals surface area contributed by atoms with E-state index in [1.54, 1.807) is 0 Å². The lowest BCUT2D eigenvalue weighted by atomic mass is 10.0. The van der Waals surface area contributed by atoms with Crippen molar-refractivity contribution in [1.82, 2.24) is 5.32 Å². The van der Waals surface area contributed by atoms with E-state index in [2.05, 4.69) is 31.3 Å². The Hall–Kier alpha value is -0.760. The van der Waals surface area contributed by atoms with E-state index in [1.165, 1.54) is 250 Å². The predicted octanol–water partition coefficient (Wildman–Crippen LogP) is 18.0. The van der Waals surface area contributed by atoms with Crippen LogP contribution in [-0.4, -0.2) is 68.5 Å². The Bertz CT molecular complexity index is 1130. The number of unbranched alkanes of at least 4 members (excludes halogenated alkanes) is 42. The number of allylic oxidation sites excluding steroid dienone is 2. The maximum atomic E-state index is 13.0. The van der Waals surface area contributed by atoms with Crippen molar-refractivity contribution in [3.8, 4) is 0 Å². The monoisotopic (exact) mass is 997 g/mol. The Morgan fingerprint density at radius 1 is 0.493 bits per heavy atom. The predicted molar refractivity (Wildman–Crippen MR) is 298 cm³/mol. The second-order valence-electron chi connectivity index (χ2n) is 22.4. The minimum atomic E-state index is -4.57. The van der Waals surface area contributed by atoms with Crippen LogP contribution in [0.25, 0.3) is 0 Å². The summed E-state index contributed by atoms with van der Waals surface area (Å²) in [5.41, 5.74) is 0. The van der Waals surface area contributed by atoms with Crippen LogP contribution in [0.3, 0.4) is 0 Å². The third-order valence-electron chi connectivity index (χ3n) is 14.3. The van der Waals surface area contributed by atoms with Crippen LogP contribution < -0.4 is 10.2 Å². The number of likely N-dealkylation sites (N-methyl/N-ethyl adjacent to an activating group) is 1. The van der Waals surface area contributed by atoms with E-state index in [9.17, 15) is 19.4 Å². The van der Waals surface area contributed by atoms with Crippen LogP contribution in [0, 0.1) is 0 Å². The molecule has 1 amide bonds. The summed E-state index contributed by atoms with van der Waals surface area (Å²) in [6, 6.07) is -0.799. The van der Waals surface area contributed by atoms with Crippen molar-refractivity contribution in [2.45, 2.75) is 328 Å². The fourth-order valence-electron chi connectivity index (χ4n) is 9.45. The Morgan fingerprint density at radius 2 is 0.797 bits per heavy atom. The Morgan fingerprint density at radius 3 is 1.13 bits per heavy atom. The summed E-state index contributed by atoms with van der Waals surface area (Å²) in [6.07, 6.45) is 63.9. The molecule has 0 spiro atoms. The molecular weight excluding hydrogens is 876 g/mol. The van der Waals surface area contributed by atoms with Crippen molar-refractivity contribution < 1.29 is 32.9 Å². The van der Waals surface area contributed by atoms with Gasteiger partial charge in [0, 0.05) is 6.42 Å². The van der Waals surface area contributed by atoms with E-state index in [-0.39, 0.29) is 19.1 Å². The smallest absolute Gasteiger partial charge is 0.268 e. The van der Waals surface area contributed by atoms with Gasteiger partial charge >= 0.3 is 0 Å². The Kier molecular flexibility index (Phi) is 51.5. The average Bonchev–Trinajstić information content (AvgIpc) is 3.31. The van der Waals surface area contributed by atoms with Gasteiger partial charge in [-0.05, 0) is 38.5 Å². The van der Waals surface area contributed by atoms with Crippen molar-refractivity contribution in [3.63, 3.8) is 0 Å². The average molecular weight is 998 g/mol. The first kappa shape index (κ1) is 68.2. The lowest BCUT2D eigenvalue weighted by Gasteiger charge is -2.30. The van der Waals surface area contributed by atoms with E-state index < -0.39 is 20.0 Å². The van der Waals surface area contributed by atoms with Gasteiger partial charge < -0.3 is 28.8 Å². The fourth-order valence-corrected chi connectivity index (χ4v) is 10.2. The Balaban J connectivity index is 4.09. The van der Waals surface area contributed by atoms with Crippen molar-refractivity contribution in [2.75, 3.05) is 40.9 Å². The first-order valence-corrected chi connectivity index (χ1v) is 32.0. The van der Waals surface area contributed by atoms with Crippen molar-refractivity contribution >= 4 is 13.7 Å². The van der Waals surface area contributed by atoms with Crippen molar-refractivity contribution in [3.05, 3.63) is 12.2 Å². The first-order chi connectivity index (χ1) is 33.5. The molecule has 2 N–H and O–H groups in total. The molecule has 0 radical (unpaired) electrons. The number of quaternary nitrogens is 1. The highest BCUT2D eigenvalue weighted by molar-refractivity contribution is 7.45. The molecule has 0 saturated carbocycles. The number of aliphatic hydroxyl groups is 1. The largest absolute Gasteiger partial charge is 0.756 e. The third-order valence-corrected chi connectivity index (χ3v) is 15.2. The number of nitrogens with one attached hydrogen (secondary N) is 1. The van der Waals surface area contributed by atoms with E-state index >= 15 is 0 Å². The van der Waals surface area contributed by atoms with Crippen LogP contribution in [0.15, 0.2) is 12.2 Å². The van der Waals surface area contributed by atoms with Gasteiger partial charge in [-0.1, -0.05) is 283 Å². The summed E-state index contributed by atoms with van der Waals surface area (Å²) in [6.45, 7) is 4.78. The molecule has 412 valence electrons. The minimum absolute atomic E-state index is 0.0148. The van der Waals surface area contributed by atoms with E-state index in [4.69, 9.17) is 9.05 Å². The number of aliphatic hydroxyl groups excluding tert-OH is 1.